The summed E-state index contributed by atoms with van der Waals surface area (Å²) in [5, 5.41) is 6.71. The van der Waals surface area contributed by atoms with Gasteiger partial charge in [-0.25, -0.2) is 4.39 Å². The highest BCUT2D eigenvalue weighted by Gasteiger charge is 2.31. The molecule has 4 nitrogen and oxygen atoms in total. The first-order chi connectivity index (χ1) is 12.0. The fourth-order valence-corrected chi connectivity index (χ4v) is 2.97. The second kappa shape index (κ2) is 7.85. The van der Waals surface area contributed by atoms with E-state index in [9.17, 15) is 9.18 Å². The lowest BCUT2D eigenvalue weighted by Gasteiger charge is -2.19. The molecule has 1 saturated carbocycles. The molecule has 6 heteroatoms. The number of carbonyl (C=O) groups is 1. The van der Waals surface area contributed by atoms with Crippen LogP contribution >= 0.6 is 11.6 Å². The van der Waals surface area contributed by atoms with Gasteiger partial charge in [0.2, 0.25) is 5.91 Å². The predicted octanol–water partition coefficient (Wildman–Crippen LogP) is 4.13. The van der Waals surface area contributed by atoms with E-state index in [0.29, 0.717) is 23.2 Å². The van der Waals surface area contributed by atoms with Crippen molar-refractivity contribution < 1.29 is 9.18 Å². The summed E-state index contributed by atoms with van der Waals surface area (Å²) in [6.07, 6.45) is 2.62. The normalized spacial score (nSPS) is 15.0. The molecule has 2 aromatic rings. The number of nitrogens with two attached hydrogens (primary N) is 1. The zero-order valence-corrected chi connectivity index (χ0v) is 14.5. The van der Waals surface area contributed by atoms with Crippen molar-refractivity contribution in [3.8, 4) is 0 Å². The van der Waals surface area contributed by atoms with Gasteiger partial charge in [0.15, 0.2) is 0 Å². The number of hydrogen-bond donors (Lipinski definition) is 3. The highest BCUT2D eigenvalue weighted by Crippen LogP contribution is 2.41. The summed E-state index contributed by atoms with van der Waals surface area (Å²) in [5.41, 5.74) is 7.31. The standard InChI is InChI=1S/C19H21ClFN3O/c20-14-5-3-13(4-6-14)19(12-1-2-12)23-10-9-18(25)24-17-11-15(22)7-8-16(17)21/h3-8,11-12,19,23H,1-2,9-10,22H2,(H,24,25). The molecule has 0 radical (unpaired) electrons. The predicted molar refractivity (Wildman–Crippen MR) is 99.0 cm³/mol. The average Bonchev–Trinajstić information content (AvgIpc) is 3.41. The third-order valence-electron chi connectivity index (χ3n) is 4.30. The molecule has 25 heavy (non-hydrogen) atoms. The van der Waals surface area contributed by atoms with Crippen LogP contribution < -0.4 is 16.4 Å². The Morgan fingerprint density at radius 1 is 1.24 bits per heavy atom. The molecule has 0 bridgehead atoms. The molecule has 0 aliphatic heterocycles. The number of rotatable bonds is 7. The van der Waals surface area contributed by atoms with E-state index in [1.807, 2.05) is 24.3 Å². The van der Waals surface area contributed by atoms with Gasteiger partial charge >= 0.3 is 0 Å². The summed E-state index contributed by atoms with van der Waals surface area (Å²) in [4.78, 5) is 12.0. The minimum absolute atomic E-state index is 0.112. The first-order valence-corrected chi connectivity index (χ1v) is 8.74. The summed E-state index contributed by atoms with van der Waals surface area (Å²) in [7, 11) is 0. The molecule has 2 aromatic carbocycles. The van der Waals surface area contributed by atoms with Gasteiger partial charge in [0.1, 0.15) is 5.82 Å². The number of amides is 1. The molecular weight excluding hydrogens is 341 g/mol. The Bertz CT molecular complexity index is 747. The monoisotopic (exact) mass is 361 g/mol. The minimum atomic E-state index is -0.493. The summed E-state index contributed by atoms with van der Waals surface area (Å²) in [6.45, 7) is 0.513. The summed E-state index contributed by atoms with van der Waals surface area (Å²) >= 11 is 5.95. The van der Waals surface area contributed by atoms with E-state index >= 15 is 0 Å². The molecule has 0 saturated heterocycles. The van der Waals surface area contributed by atoms with Crippen molar-refractivity contribution in [2.45, 2.75) is 25.3 Å². The maximum absolute atomic E-state index is 13.7. The average molecular weight is 362 g/mol. The molecule has 132 valence electrons. The number of benzene rings is 2. The van der Waals surface area contributed by atoms with Gasteiger partial charge < -0.3 is 16.4 Å². The lowest BCUT2D eigenvalue weighted by atomic mass is 10.0. The minimum Gasteiger partial charge on any atom is -0.399 e. The SMILES string of the molecule is Nc1ccc(F)c(NC(=O)CCNC(c2ccc(Cl)cc2)C2CC2)c1. The smallest absolute Gasteiger partial charge is 0.225 e. The lowest BCUT2D eigenvalue weighted by Crippen LogP contribution is -2.27. The molecule has 4 N–H and O–H groups in total. The second-order valence-corrected chi connectivity index (χ2v) is 6.79. The van der Waals surface area contributed by atoms with Crippen molar-refractivity contribution in [3.63, 3.8) is 0 Å². The van der Waals surface area contributed by atoms with Crippen molar-refractivity contribution in [2.75, 3.05) is 17.6 Å². The maximum atomic E-state index is 13.7. The zero-order chi connectivity index (χ0) is 17.8. The van der Waals surface area contributed by atoms with Gasteiger partial charge in [-0.1, -0.05) is 23.7 Å². The molecule has 1 aliphatic rings. The third-order valence-corrected chi connectivity index (χ3v) is 4.56. The van der Waals surface area contributed by atoms with Crippen molar-refractivity contribution in [1.82, 2.24) is 5.32 Å². The Morgan fingerprint density at radius 2 is 1.96 bits per heavy atom. The Kier molecular flexibility index (Phi) is 5.56. The van der Waals surface area contributed by atoms with E-state index in [-0.39, 0.29) is 24.1 Å². The molecule has 0 heterocycles. The van der Waals surface area contributed by atoms with Crippen molar-refractivity contribution in [3.05, 3.63) is 58.9 Å². The topological polar surface area (TPSA) is 67.1 Å². The van der Waals surface area contributed by atoms with Crippen LogP contribution in [0.25, 0.3) is 0 Å². The number of nitrogens with one attached hydrogen (secondary N) is 2. The van der Waals surface area contributed by atoms with Gasteiger partial charge in [-0.3, -0.25) is 4.79 Å². The van der Waals surface area contributed by atoms with E-state index in [2.05, 4.69) is 10.6 Å². The van der Waals surface area contributed by atoms with Crippen LogP contribution in [0.4, 0.5) is 15.8 Å². The fraction of sp³-hybridized carbons (Fsp3) is 0.316. The highest BCUT2D eigenvalue weighted by atomic mass is 35.5. The van der Waals surface area contributed by atoms with Crippen molar-refractivity contribution in [2.24, 2.45) is 5.92 Å². The summed E-state index contributed by atoms with van der Waals surface area (Å²) in [5.74, 6) is -0.147. The number of nitrogen functional groups attached to an aromatic ring is 1. The van der Waals surface area contributed by atoms with Crippen LogP contribution in [0.15, 0.2) is 42.5 Å². The molecule has 3 rings (SSSR count). The van der Waals surface area contributed by atoms with Gasteiger partial charge in [0.25, 0.3) is 0 Å². The summed E-state index contributed by atoms with van der Waals surface area (Å²) in [6, 6.07) is 12.1. The number of halogens is 2. The first-order valence-electron chi connectivity index (χ1n) is 8.36. The number of anilines is 2. The Morgan fingerprint density at radius 3 is 2.64 bits per heavy atom. The van der Waals surface area contributed by atoms with Crippen molar-refractivity contribution in [1.29, 1.82) is 0 Å². The second-order valence-electron chi connectivity index (χ2n) is 6.36. The van der Waals surface area contributed by atoms with Gasteiger partial charge in [0, 0.05) is 29.7 Å². The molecule has 1 unspecified atom stereocenters. The third kappa shape index (κ3) is 4.94. The van der Waals surface area contributed by atoms with Crippen molar-refractivity contribution >= 4 is 28.9 Å². The van der Waals surface area contributed by atoms with Crippen LogP contribution in [-0.2, 0) is 4.79 Å². The first kappa shape index (κ1) is 17.7. The van der Waals surface area contributed by atoms with E-state index in [0.717, 1.165) is 0 Å². The number of carbonyl (C=O) groups excluding carboxylic acids is 1. The summed E-state index contributed by atoms with van der Waals surface area (Å²) < 4.78 is 13.7. The van der Waals surface area contributed by atoms with Gasteiger partial charge in [-0.2, -0.15) is 0 Å². The van der Waals surface area contributed by atoms with Crippen LogP contribution in [0.1, 0.15) is 30.9 Å². The quantitative estimate of drug-likeness (QED) is 0.649. The van der Waals surface area contributed by atoms with Gasteiger partial charge in [0.05, 0.1) is 5.69 Å². The fourth-order valence-electron chi connectivity index (χ4n) is 2.85. The van der Waals surface area contributed by atoms with Crippen LogP contribution in [-0.4, -0.2) is 12.5 Å². The van der Waals surface area contributed by atoms with Crippen LogP contribution in [0.2, 0.25) is 5.02 Å². The molecule has 1 atom stereocenters. The molecule has 0 aromatic heterocycles. The largest absolute Gasteiger partial charge is 0.399 e. The molecular formula is C19H21ClFN3O. The molecule has 1 amide bonds. The van der Waals surface area contributed by atoms with Crippen LogP contribution in [0, 0.1) is 11.7 Å². The molecule has 1 aliphatic carbocycles. The van der Waals surface area contributed by atoms with Crippen LogP contribution in [0.3, 0.4) is 0 Å². The number of hydrogen-bond acceptors (Lipinski definition) is 3. The van der Waals surface area contributed by atoms with E-state index < -0.39 is 5.82 Å². The Labute approximate surface area is 151 Å². The molecule has 0 spiro atoms. The zero-order valence-electron chi connectivity index (χ0n) is 13.8. The molecule has 1 fully saturated rings. The highest BCUT2D eigenvalue weighted by molar-refractivity contribution is 6.30. The van der Waals surface area contributed by atoms with E-state index in [1.54, 1.807) is 0 Å². The van der Waals surface area contributed by atoms with E-state index in [4.69, 9.17) is 17.3 Å². The lowest BCUT2D eigenvalue weighted by molar-refractivity contribution is -0.116. The maximum Gasteiger partial charge on any atom is 0.225 e. The Balaban J connectivity index is 1.53. The van der Waals surface area contributed by atoms with Gasteiger partial charge in [-0.15, -0.1) is 0 Å². The van der Waals surface area contributed by atoms with E-state index in [1.165, 1.54) is 36.6 Å². The Hall–Kier alpha value is -2.11. The van der Waals surface area contributed by atoms with Gasteiger partial charge in [-0.05, 0) is 54.7 Å². The van der Waals surface area contributed by atoms with Crippen LogP contribution in [0.5, 0.6) is 0 Å².